The molecule has 0 amide bonds. The molecule has 0 atom stereocenters. The second-order valence-corrected chi connectivity index (χ2v) is 4.56. The van der Waals surface area contributed by atoms with E-state index in [0.29, 0.717) is 0 Å². The maximum atomic E-state index is 10.4. The van der Waals surface area contributed by atoms with Crippen molar-refractivity contribution in [3.63, 3.8) is 0 Å². The molecule has 76 valence electrons. The van der Waals surface area contributed by atoms with E-state index in [4.69, 9.17) is 11.6 Å². The van der Waals surface area contributed by atoms with Crippen molar-refractivity contribution >= 4 is 11.6 Å². The van der Waals surface area contributed by atoms with Crippen molar-refractivity contribution in [2.24, 2.45) is 0 Å². The fourth-order valence-corrected chi connectivity index (χ4v) is 2.52. The number of hydrogen-bond donors (Lipinski definition) is 1. The maximum absolute atomic E-state index is 10.4. The van der Waals surface area contributed by atoms with Gasteiger partial charge in [-0.3, -0.25) is 0 Å². The van der Waals surface area contributed by atoms with Crippen LogP contribution in [0.25, 0.3) is 0 Å². The molecule has 1 fully saturated rings. The molecule has 1 nitrogen and oxygen atoms in total. The van der Waals surface area contributed by atoms with Crippen LogP contribution < -0.4 is 0 Å². The van der Waals surface area contributed by atoms with Crippen LogP contribution in [0, 0.1) is 6.92 Å². The SMILES string of the molecule is Cc1c(Cl)cccc1C1(O)CCCC1. The lowest BCUT2D eigenvalue weighted by Gasteiger charge is -2.25. The molecular weight excluding hydrogens is 196 g/mol. The molecule has 1 saturated carbocycles. The molecule has 2 heteroatoms. The summed E-state index contributed by atoms with van der Waals surface area (Å²) >= 11 is 6.04. The predicted octanol–water partition coefficient (Wildman–Crippen LogP) is 3.41. The summed E-state index contributed by atoms with van der Waals surface area (Å²) in [7, 11) is 0. The Balaban J connectivity index is 2.45. The normalized spacial score (nSPS) is 19.9. The second kappa shape index (κ2) is 3.56. The summed E-state index contributed by atoms with van der Waals surface area (Å²) in [6.07, 6.45) is 3.97. The van der Waals surface area contributed by atoms with Gasteiger partial charge in [0.2, 0.25) is 0 Å². The van der Waals surface area contributed by atoms with Crippen molar-refractivity contribution in [1.82, 2.24) is 0 Å². The van der Waals surface area contributed by atoms with E-state index < -0.39 is 5.60 Å². The van der Waals surface area contributed by atoms with Crippen molar-refractivity contribution in [2.75, 3.05) is 0 Å². The summed E-state index contributed by atoms with van der Waals surface area (Å²) in [5, 5.41) is 11.2. The minimum Gasteiger partial charge on any atom is -0.385 e. The van der Waals surface area contributed by atoms with Gasteiger partial charge in [0.15, 0.2) is 0 Å². The molecule has 0 aromatic heterocycles. The molecule has 1 aliphatic rings. The summed E-state index contributed by atoms with van der Waals surface area (Å²) in [6.45, 7) is 1.98. The molecule has 0 radical (unpaired) electrons. The lowest BCUT2D eigenvalue weighted by molar-refractivity contribution is 0.0438. The van der Waals surface area contributed by atoms with Gasteiger partial charge in [0.25, 0.3) is 0 Å². The highest BCUT2D eigenvalue weighted by atomic mass is 35.5. The molecule has 1 aromatic carbocycles. The smallest absolute Gasteiger partial charge is 0.0899 e. The minimum atomic E-state index is -0.616. The molecule has 0 aliphatic heterocycles. The Labute approximate surface area is 89.7 Å². The zero-order valence-corrected chi connectivity index (χ0v) is 9.14. The van der Waals surface area contributed by atoms with Crippen LogP contribution in [-0.4, -0.2) is 5.11 Å². The van der Waals surface area contributed by atoms with Crippen molar-refractivity contribution in [1.29, 1.82) is 0 Å². The van der Waals surface area contributed by atoms with E-state index in [-0.39, 0.29) is 0 Å². The van der Waals surface area contributed by atoms with E-state index in [2.05, 4.69) is 0 Å². The number of aliphatic hydroxyl groups is 1. The Kier molecular flexibility index (Phi) is 2.54. The first-order valence-electron chi connectivity index (χ1n) is 5.11. The third-order valence-electron chi connectivity index (χ3n) is 3.20. The fourth-order valence-electron chi connectivity index (χ4n) is 2.34. The summed E-state index contributed by atoms with van der Waals surface area (Å²) < 4.78 is 0. The highest BCUT2D eigenvalue weighted by Gasteiger charge is 2.34. The topological polar surface area (TPSA) is 20.2 Å². The molecule has 0 bridgehead atoms. The molecule has 1 aromatic rings. The van der Waals surface area contributed by atoms with Crippen LogP contribution >= 0.6 is 11.6 Å². The van der Waals surface area contributed by atoms with Crippen molar-refractivity contribution in [2.45, 2.75) is 38.2 Å². The Morgan fingerprint density at radius 1 is 1.29 bits per heavy atom. The van der Waals surface area contributed by atoms with E-state index in [0.717, 1.165) is 41.8 Å². The van der Waals surface area contributed by atoms with Gasteiger partial charge in [0, 0.05) is 5.02 Å². The number of hydrogen-bond acceptors (Lipinski definition) is 1. The number of benzene rings is 1. The number of rotatable bonds is 1. The Hall–Kier alpha value is -0.530. The molecular formula is C12H15ClO. The van der Waals surface area contributed by atoms with Gasteiger partial charge in [-0.25, -0.2) is 0 Å². The molecule has 0 saturated heterocycles. The van der Waals surface area contributed by atoms with Gasteiger partial charge in [-0.2, -0.15) is 0 Å². The quantitative estimate of drug-likeness (QED) is 0.753. The van der Waals surface area contributed by atoms with E-state index >= 15 is 0 Å². The molecule has 0 spiro atoms. The highest BCUT2D eigenvalue weighted by molar-refractivity contribution is 6.31. The molecule has 2 rings (SSSR count). The van der Waals surface area contributed by atoms with Crippen LogP contribution in [0.4, 0.5) is 0 Å². The van der Waals surface area contributed by atoms with Crippen LogP contribution in [0.15, 0.2) is 18.2 Å². The second-order valence-electron chi connectivity index (χ2n) is 4.15. The maximum Gasteiger partial charge on any atom is 0.0899 e. The van der Waals surface area contributed by atoms with Gasteiger partial charge in [0.1, 0.15) is 0 Å². The summed E-state index contributed by atoms with van der Waals surface area (Å²) in [5.74, 6) is 0. The summed E-state index contributed by atoms with van der Waals surface area (Å²) in [6, 6.07) is 5.78. The zero-order chi connectivity index (χ0) is 10.2. The third kappa shape index (κ3) is 1.55. The van der Waals surface area contributed by atoms with Gasteiger partial charge in [-0.1, -0.05) is 36.6 Å². The van der Waals surface area contributed by atoms with Crippen LogP contribution in [-0.2, 0) is 5.60 Å². The standard InChI is InChI=1S/C12H15ClO/c1-9-10(5-4-6-11(9)13)12(14)7-2-3-8-12/h4-6,14H,2-3,7-8H2,1H3. The van der Waals surface area contributed by atoms with Gasteiger partial charge in [-0.05, 0) is 37.0 Å². The average Bonchev–Trinajstić information content (AvgIpc) is 2.58. The van der Waals surface area contributed by atoms with Crippen LogP contribution in [0.5, 0.6) is 0 Å². The predicted molar refractivity (Wildman–Crippen MR) is 58.6 cm³/mol. The van der Waals surface area contributed by atoms with Crippen molar-refractivity contribution in [3.05, 3.63) is 34.3 Å². The van der Waals surface area contributed by atoms with E-state index in [1.54, 1.807) is 0 Å². The van der Waals surface area contributed by atoms with E-state index in [1.165, 1.54) is 0 Å². The molecule has 0 heterocycles. The number of halogens is 1. The lowest BCUT2D eigenvalue weighted by atomic mass is 9.89. The van der Waals surface area contributed by atoms with Gasteiger partial charge in [-0.15, -0.1) is 0 Å². The average molecular weight is 211 g/mol. The monoisotopic (exact) mass is 210 g/mol. The first kappa shape index (κ1) is 10.0. The van der Waals surface area contributed by atoms with Crippen LogP contribution in [0.1, 0.15) is 36.8 Å². The summed E-state index contributed by atoms with van der Waals surface area (Å²) in [4.78, 5) is 0. The van der Waals surface area contributed by atoms with Gasteiger partial charge in [0.05, 0.1) is 5.60 Å². The largest absolute Gasteiger partial charge is 0.385 e. The first-order valence-corrected chi connectivity index (χ1v) is 5.49. The first-order chi connectivity index (χ1) is 6.63. The van der Waals surface area contributed by atoms with E-state index in [9.17, 15) is 5.11 Å². The molecule has 0 unspecified atom stereocenters. The Morgan fingerprint density at radius 2 is 1.93 bits per heavy atom. The molecule has 14 heavy (non-hydrogen) atoms. The lowest BCUT2D eigenvalue weighted by Crippen LogP contribution is -2.22. The Bertz CT molecular complexity index is 340. The minimum absolute atomic E-state index is 0.616. The van der Waals surface area contributed by atoms with Crippen molar-refractivity contribution < 1.29 is 5.11 Å². The van der Waals surface area contributed by atoms with Crippen LogP contribution in [0.2, 0.25) is 5.02 Å². The Morgan fingerprint density at radius 3 is 2.57 bits per heavy atom. The fraction of sp³-hybridized carbons (Fsp3) is 0.500. The van der Waals surface area contributed by atoms with Gasteiger partial charge >= 0.3 is 0 Å². The molecule has 1 aliphatic carbocycles. The van der Waals surface area contributed by atoms with E-state index in [1.807, 2.05) is 25.1 Å². The van der Waals surface area contributed by atoms with Crippen molar-refractivity contribution in [3.8, 4) is 0 Å². The zero-order valence-electron chi connectivity index (χ0n) is 8.39. The third-order valence-corrected chi connectivity index (χ3v) is 3.61. The molecule has 1 N–H and O–H groups in total. The highest BCUT2D eigenvalue weighted by Crippen LogP contribution is 2.40. The van der Waals surface area contributed by atoms with Crippen LogP contribution in [0.3, 0.4) is 0 Å². The summed E-state index contributed by atoms with van der Waals surface area (Å²) in [5.41, 5.74) is 1.43. The van der Waals surface area contributed by atoms with Gasteiger partial charge < -0.3 is 5.11 Å².